The van der Waals surface area contributed by atoms with Crippen molar-refractivity contribution in [2.24, 2.45) is 4.99 Å². The van der Waals surface area contributed by atoms with Crippen LogP contribution in [-0.2, 0) is 11.3 Å². The van der Waals surface area contributed by atoms with E-state index in [0.717, 1.165) is 30.6 Å². The normalized spacial score (nSPS) is 15.7. The molecule has 1 aromatic heterocycles. The lowest BCUT2D eigenvalue weighted by Gasteiger charge is -2.17. The van der Waals surface area contributed by atoms with Crippen LogP contribution < -0.4 is 15.5 Å². The fourth-order valence-electron chi connectivity index (χ4n) is 3.01. The van der Waals surface area contributed by atoms with Gasteiger partial charge in [-0.1, -0.05) is 31.7 Å². The molecule has 0 aromatic carbocycles. The molecule has 0 unspecified atom stereocenters. The van der Waals surface area contributed by atoms with Crippen molar-refractivity contribution >= 4 is 35.8 Å². The Balaban J connectivity index is 0.00000338. The maximum Gasteiger partial charge on any atom is 0.191 e. The van der Waals surface area contributed by atoms with Crippen molar-refractivity contribution in [3.63, 3.8) is 0 Å². The molecule has 1 aliphatic rings. The number of rotatable bonds is 7. The van der Waals surface area contributed by atoms with Gasteiger partial charge in [0.25, 0.3) is 0 Å². The highest BCUT2D eigenvalue weighted by molar-refractivity contribution is 14.0. The van der Waals surface area contributed by atoms with Gasteiger partial charge in [0.2, 0.25) is 0 Å². The first-order valence-electron chi connectivity index (χ1n) is 9.38. The minimum atomic E-state index is 0. The highest BCUT2D eigenvalue weighted by atomic mass is 127. The minimum Gasteiger partial charge on any atom is -0.376 e. The summed E-state index contributed by atoms with van der Waals surface area (Å²) in [4.78, 5) is 10.9. The quantitative estimate of drug-likeness (QED) is 0.209. The van der Waals surface area contributed by atoms with E-state index < -0.39 is 0 Å². The van der Waals surface area contributed by atoms with Gasteiger partial charge in [-0.25, -0.2) is 4.98 Å². The topological polar surface area (TPSA) is 61.8 Å². The number of halogens is 1. The van der Waals surface area contributed by atoms with Crippen LogP contribution in [-0.4, -0.2) is 51.3 Å². The molecule has 0 amide bonds. The number of anilines is 1. The van der Waals surface area contributed by atoms with Gasteiger partial charge in [0.05, 0.1) is 24.9 Å². The van der Waals surface area contributed by atoms with Gasteiger partial charge >= 0.3 is 0 Å². The van der Waals surface area contributed by atoms with Gasteiger partial charge in [-0.3, -0.25) is 4.99 Å². The molecule has 1 aliphatic carbocycles. The molecular formula is C19H34IN5O. The van der Waals surface area contributed by atoms with Crippen LogP contribution in [0, 0.1) is 0 Å². The van der Waals surface area contributed by atoms with Gasteiger partial charge in [-0.15, -0.1) is 24.0 Å². The van der Waals surface area contributed by atoms with Crippen molar-refractivity contribution in [1.29, 1.82) is 0 Å². The van der Waals surface area contributed by atoms with Crippen molar-refractivity contribution < 1.29 is 4.74 Å². The Morgan fingerprint density at radius 1 is 1.19 bits per heavy atom. The molecule has 1 heterocycles. The van der Waals surface area contributed by atoms with Crippen LogP contribution in [0.3, 0.4) is 0 Å². The van der Waals surface area contributed by atoms with Crippen molar-refractivity contribution in [3.8, 4) is 0 Å². The summed E-state index contributed by atoms with van der Waals surface area (Å²) in [7, 11) is 5.77. The molecule has 2 N–H and O–H groups in total. The molecule has 7 heteroatoms. The molecule has 0 radical (unpaired) electrons. The lowest BCUT2D eigenvalue weighted by Crippen LogP contribution is -2.39. The summed E-state index contributed by atoms with van der Waals surface area (Å²) in [5.41, 5.74) is 0.990. The van der Waals surface area contributed by atoms with E-state index in [1.165, 1.54) is 38.5 Å². The van der Waals surface area contributed by atoms with Crippen LogP contribution in [0.5, 0.6) is 0 Å². The minimum absolute atomic E-state index is 0. The zero-order valence-corrected chi connectivity index (χ0v) is 18.7. The van der Waals surface area contributed by atoms with Crippen LogP contribution in [0.2, 0.25) is 0 Å². The van der Waals surface area contributed by atoms with E-state index in [9.17, 15) is 0 Å². The second-order valence-corrected chi connectivity index (χ2v) is 6.72. The number of nitrogens with one attached hydrogen (secondary N) is 2. The molecule has 0 atom stereocenters. The summed E-state index contributed by atoms with van der Waals surface area (Å²) in [6.07, 6.45) is 8.19. The standard InChI is InChI=1S/C19H33N5O.HI/c1-20-19(21-13-14-25-17-10-6-4-5-7-11-17)22-15-16-9-8-12-18(23-16)24(2)3;/h8-9,12,17H,4-7,10-11,13-15H2,1-3H3,(H2,20,21,22);1H. The van der Waals surface area contributed by atoms with E-state index >= 15 is 0 Å². The molecule has 0 spiro atoms. The number of ether oxygens (including phenoxy) is 1. The molecule has 148 valence electrons. The average molecular weight is 475 g/mol. The summed E-state index contributed by atoms with van der Waals surface area (Å²) in [6, 6.07) is 6.04. The summed E-state index contributed by atoms with van der Waals surface area (Å²) in [5.74, 6) is 1.74. The van der Waals surface area contributed by atoms with E-state index in [0.29, 0.717) is 12.6 Å². The van der Waals surface area contributed by atoms with Crippen molar-refractivity contribution in [2.75, 3.05) is 39.2 Å². The van der Waals surface area contributed by atoms with Gasteiger partial charge in [0.15, 0.2) is 5.96 Å². The molecule has 0 bridgehead atoms. The molecule has 1 saturated carbocycles. The lowest BCUT2D eigenvalue weighted by molar-refractivity contribution is 0.0468. The van der Waals surface area contributed by atoms with E-state index in [1.807, 2.05) is 37.2 Å². The Hall–Kier alpha value is -1.09. The van der Waals surface area contributed by atoms with Gasteiger partial charge < -0.3 is 20.3 Å². The Morgan fingerprint density at radius 3 is 2.58 bits per heavy atom. The van der Waals surface area contributed by atoms with Crippen molar-refractivity contribution in [2.45, 2.75) is 51.2 Å². The number of guanidine groups is 1. The molecular weight excluding hydrogens is 441 g/mol. The molecule has 26 heavy (non-hydrogen) atoms. The number of pyridine rings is 1. The first kappa shape index (κ1) is 23.0. The summed E-state index contributed by atoms with van der Waals surface area (Å²) in [5, 5.41) is 6.61. The average Bonchev–Trinajstić information content (AvgIpc) is 2.90. The fraction of sp³-hybridized carbons (Fsp3) is 0.684. The van der Waals surface area contributed by atoms with Crippen molar-refractivity contribution in [1.82, 2.24) is 15.6 Å². The van der Waals surface area contributed by atoms with Crippen LogP contribution in [0.25, 0.3) is 0 Å². The first-order chi connectivity index (χ1) is 12.2. The Kier molecular flexibility index (Phi) is 11.6. The monoisotopic (exact) mass is 475 g/mol. The Morgan fingerprint density at radius 2 is 1.92 bits per heavy atom. The molecule has 1 aromatic rings. The predicted octanol–water partition coefficient (Wildman–Crippen LogP) is 3.17. The number of nitrogens with zero attached hydrogens (tertiary/aromatic N) is 3. The van der Waals surface area contributed by atoms with Gasteiger partial charge in [-0.2, -0.15) is 0 Å². The van der Waals surface area contributed by atoms with E-state index in [4.69, 9.17) is 4.74 Å². The zero-order valence-electron chi connectivity index (χ0n) is 16.3. The third-order valence-corrected chi connectivity index (χ3v) is 4.46. The number of hydrogen-bond donors (Lipinski definition) is 2. The zero-order chi connectivity index (χ0) is 17.9. The second kappa shape index (κ2) is 13.1. The van der Waals surface area contributed by atoms with Gasteiger partial charge in [0.1, 0.15) is 5.82 Å². The maximum absolute atomic E-state index is 6.00. The first-order valence-corrected chi connectivity index (χ1v) is 9.38. The number of aliphatic imine (C=N–C) groups is 1. The number of hydrogen-bond acceptors (Lipinski definition) is 4. The fourth-order valence-corrected chi connectivity index (χ4v) is 3.01. The highest BCUT2D eigenvalue weighted by Gasteiger charge is 2.12. The van der Waals surface area contributed by atoms with Crippen molar-refractivity contribution in [3.05, 3.63) is 23.9 Å². The van der Waals surface area contributed by atoms with Crippen LogP contribution in [0.1, 0.15) is 44.2 Å². The Bertz CT molecular complexity index is 530. The smallest absolute Gasteiger partial charge is 0.191 e. The Labute approximate surface area is 175 Å². The summed E-state index contributed by atoms with van der Waals surface area (Å²) >= 11 is 0. The van der Waals surface area contributed by atoms with Gasteiger partial charge in [-0.05, 0) is 25.0 Å². The maximum atomic E-state index is 6.00. The highest BCUT2D eigenvalue weighted by Crippen LogP contribution is 2.19. The molecule has 0 saturated heterocycles. The molecule has 6 nitrogen and oxygen atoms in total. The van der Waals surface area contributed by atoms with Crippen LogP contribution >= 0.6 is 24.0 Å². The number of aromatic nitrogens is 1. The SMILES string of the molecule is CN=C(NCCOC1CCCCCC1)NCc1cccc(N(C)C)n1.I. The second-order valence-electron chi connectivity index (χ2n) is 6.72. The molecule has 2 rings (SSSR count). The summed E-state index contributed by atoms with van der Waals surface area (Å²) in [6.45, 7) is 2.13. The van der Waals surface area contributed by atoms with Crippen LogP contribution in [0.15, 0.2) is 23.2 Å². The van der Waals surface area contributed by atoms with E-state index in [1.54, 1.807) is 7.05 Å². The predicted molar refractivity (Wildman–Crippen MR) is 120 cm³/mol. The third-order valence-electron chi connectivity index (χ3n) is 4.46. The van der Waals surface area contributed by atoms with Crippen LogP contribution in [0.4, 0.5) is 5.82 Å². The molecule has 1 fully saturated rings. The van der Waals surface area contributed by atoms with Gasteiger partial charge in [0, 0.05) is 27.7 Å². The van der Waals surface area contributed by atoms with E-state index in [2.05, 4.69) is 20.6 Å². The third kappa shape index (κ3) is 8.53. The molecule has 0 aliphatic heterocycles. The lowest BCUT2D eigenvalue weighted by atomic mass is 10.1. The van der Waals surface area contributed by atoms with E-state index in [-0.39, 0.29) is 24.0 Å². The largest absolute Gasteiger partial charge is 0.376 e. The summed E-state index contributed by atoms with van der Waals surface area (Å²) < 4.78 is 6.00.